The number of hydrogen-bond acceptors (Lipinski definition) is 5. The van der Waals surface area contributed by atoms with Crippen molar-refractivity contribution >= 4 is 15.9 Å². The zero-order chi connectivity index (χ0) is 21.0. The maximum Gasteiger partial charge on any atom is 0.244 e. The van der Waals surface area contributed by atoms with Crippen LogP contribution < -0.4 is 14.2 Å². The molecule has 29 heavy (non-hydrogen) atoms. The average Bonchev–Trinajstić information content (AvgIpc) is 3.07. The average molecular weight is 422 g/mol. The molecule has 1 saturated heterocycles. The molecule has 2 aromatic carbocycles. The Hall–Kier alpha value is -2.65. The number of ether oxygens (including phenoxy) is 2. The molecule has 1 fully saturated rings. The third-order valence-corrected chi connectivity index (χ3v) is 6.27. The number of carbonyl (C=O) groups is 1. The van der Waals surface area contributed by atoms with Crippen molar-refractivity contribution in [3.05, 3.63) is 53.8 Å². The summed E-state index contributed by atoms with van der Waals surface area (Å²) < 4.78 is 51.2. The zero-order valence-electron chi connectivity index (χ0n) is 16.2. The summed E-state index contributed by atoms with van der Waals surface area (Å²) >= 11 is 0. The lowest BCUT2D eigenvalue weighted by atomic mass is 10.1. The Morgan fingerprint density at radius 2 is 1.86 bits per heavy atom. The van der Waals surface area contributed by atoms with Gasteiger partial charge in [0, 0.05) is 32.1 Å². The van der Waals surface area contributed by atoms with Gasteiger partial charge < -0.3 is 14.4 Å². The van der Waals surface area contributed by atoms with Gasteiger partial charge in [-0.05, 0) is 35.7 Å². The van der Waals surface area contributed by atoms with Gasteiger partial charge in [-0.1, -0.05) is 12.1 Å². The van der Waals surface area contributed by atoms with Gasteiger partial charge >= 0.3 is 0 Å². The predicted molar refractivity (Wildman–Crippen MR) is 105 cm³/mol. The molecule has 9 heteroatoms. The van der Waals surface area contributed by atoms with E-state index < -0.39 is 10.0 Å². The van der Waals surface area contributed by atoms with Gasteiger partial charge in [0.25, 0.3) is 0 Å². The molecule has 156 valence electrons. The number of nitrogens with one attached hydrogen (secondary N) is 1. The first-order chi connectivity index (χ1) is 13.8. The Morgan fingerprint density at radius 1 is 1.14 bits per heavy atom. The van der Waals surface area contributed by atoms with Crippen molar-refractivity contribution in [3.63, 3.8) is 0 Å². The first kappa shape index (κ1) is 21.1. The van der Waals surface area contributed by atoms with E-state index >= 15 is 0 Å². The van der Waals surface area contributed by atoms with Crippen molar-refractivity contribution in [2.75, 3.05) is 27.3 Å². The summed E-state index contributed by atoms with van der Waals surface area (Å²) in [7, 11) is -0.948. The van der Waals surface area contributed by atoms with E-state index in [-0.39, 0.29) is 41.3 Å². The molecule has 1 aliphatic heterocycles. The Bertz CT molecular complexity index is 979. The van der Waals surface area contributed by atoms with Gasteiger partial charge in [0.2, 0.25) is 15.9 Å². The number of carbonyl (C=O) groups excluding carboxylic acids is 1. The lowest BCUT2D eigenvalue weighted by Crippen LogP contribution is -2.31. The maximum absolute atomic E-state index is 13.0. The molecule has 1 amide bonds. The maximum atomic E-state index is 13.0. The second kappa shape index (κ2) is 8.79. The third kappa shape index (κ3) is 5.04. The fourth-order valence-electron chi connectivity index (χ4n) is 3.26. The van der Waals surface area contributed by atoms with Crippen LogP contribution >= 0.6 is 0 Å². The lowest BCUT2D eigenvalue weighted by Gasteiger charge is -2.17. The summed E-state index contributed by atoms with van der Waals surface area (Å²) in [5, 5.41) is 0. The number of hydrogen-bond donors (Lipinski definition) is 1. The Balaban J connectivity index is 1.62. The highest BCUT2D eigenvalue weighted by Crippen LogP contribution is 2.28. The van der Waals surface area contributed by atoms with E-state index in [9.17, 15) is 17.6 Å². The highest BCUT2D eigenvalue weighted by molar-refractivity contribution is 7.89. The molecular formula is C20H23FN2O5S. The molecule has 0 radical (unpaired) electrons. The van der Waals surface area contributed by atoms with Gasteiger partial charge in [-0.3, -0.25) is 4.79 Å². The van der Waals surface area contributed by atoms with E-state index in [1.807, 2.05) is 0 Å². The quantitative estimate of drug-likeness (QED) is 0.705. The predicted octanol–water partition coefficient (Wildman–Crippen LogP) is 2.17. The molecule has 2 aromatic rings. The van der Waals surface area contributed by atoms with Gasteiger partial charge in [-0.15, -0.1) is 0 Å². The van der Waals surface area contributed by atoms with Crippen LogP contribution in [0, 0.1) is 11.7 Å². The van der Waals surface area contributed by atoms with Crippen LogP contribution in [0.1, 0.15) is 12.0 Å². The first-order valence-corrected chi connectivity index (χ1v) is 10.5. The molecule has 1 N–H and O–H groups in total. The third-order valence-electron chi connectivity index (χ3n) is 4.80. The van der Waals surface area contributed by atoms with E-state index in [0.717, 1.165) is 5.56 Å². The summed E-state index contributed by atoms with van der Waals surface area (Å²) in [6.07, 6.45) is 0.253. The number of benzene rings is 2. The van der Waals surface area contributed by atoms with Crippen LogP contribution in [-0.2, 0) is 21.4 Å². The molecule has 0 bridgehead atoms. The Morgan fingerprint density at radius 3 is 2.52 bits per heavy atom. The first-order valence-electron chi connectivity index (χ1n) is 9.06. The number of sulfonamides is 1. The fraction of sp³-hybridized carbons (Fsp3) is 0.350. The van der Waals surface area contributed by atoms with E-state index in [4.69, 9.17) is 9.47 Å². The number of amides is 1. The highest BCUT2D eigenvalue weighted by atomic mass is 32.2. The molecule has 0 aromatic heterocycles. The molecule has 3 rings (SSSR count). The second-order valence-corrected chi connectivity index (χ2v) is 8.57. The van der Waals surface area contributed by atoms with Crippen LogP contribution in [0.25, 0.3) is 0 Å². The summed E-state index contributed by atoms with van der Waals surface area (Å²) in [6, 6.07) is 10.4. The topological polar surface area (TPSA) is 84.9 Å². The van der Waals surface area contributed by atoms with Gasteiger partial charge in [0.05, 0.1) is 14.2 Å². The minimum atomic E-state index is -3.82. The van der Waals surface area contributed by atoms with Crippen molar-refractivity contribution in [2.24, 2.45) is 5.92 Å². The van der Waals surface area contributed by atoms with Crippen molar-refractivity contribution in [1.82, 2.24) is 9.62 Å². The summed E-state index contributed by atoms with van der Waals surface area (Å²) in [4.78, 5) is 13.9. The van der Waals surface area contributed by atoms with Crippen molar-refractivity contribution in [2.45, 2.75) is 17.9 Å². The van der Waals surface area contributed by atoms with Gasteiger partial charge in [-0.25, -0.2) is 17.5 Å². The van der Waals surface area contributed by atoms with E-state index in [1.54, 1.807) is 23.1 Å². The number of rotatable bonds is 8. The number of halogens is 1. The number of methoxy groups -OCH3 is 2. The van der Waals surface area contributed by atoms with Crippen molar-refractivity contribution < 1.29 is 27.1 Å². The van der Waals surface area contributed by atoms with Crippen LogP contribution in [0.5, 0.6) is 11.5 Å². The van der Waals surface area contributed by atoms with Crippen molar-refractivity contribution in [1.29, 1.82) is 0 Å². The summed E-state index contributed by atoms with van der Waals surface area (Å²) in [6.45, 7) is 0.927. The summed E-state index contributed by atoms with van der Waals surface area (Å²) in [5.74, 6) is 0.126. The molecule has 0 saturated carbocycles. The van der Waals surface area contributed by atoms with Gasteiger partial charge in [0.1, 0.15) is 22.2 Å². The normalized spacial score (nSPS) is 16.9. The minimum absolute atomic E-state index is 0.00768. The SMILES string of the molecule is COc1ccc(S(=O)(=O)NCC2CC(=O)N(Cc3ccc(F)cc3)C2)c(OC)c1. The Kier molecular flexibility index (Phi) is 6.39. The second-order valence-electron chi connectivity index (χ2n) is 6.84. The van der Waals surface area contributed by atoms with Crippen LogP contribution in [0.4, 0.5) is 4.39 Å². The highest BCUT2D eigenvalue weighted by Gasteiger charge is 2.31. The lowest BCUT2D eigenvalue weighted by molar-refractivity contribution is -0.128. The van der Waals surface area contributed by atoms with Gasteiger partial charge in [0.15, 0.2) is 0 Å². The van der Waals surface area contributed by atoms with Crippen molar-refractivity contribution in [3.8, 4) is 11.5 Å². The van der Waals surface area contributed by atoms with Crippen LogP contribution in [0.15, 0.2) is 47.4 Å². The molecule has 1 unspecified atom stereocenters. The van der Waals surface area contributed by atoms with Crippen LogP contribution in [-0.4, -0.2) is 46.5 Å². The largest absolute Gasteiger partial charge is 0.497 e. The zero-order valence-corrected chi connectivity index (χ0v) is 17.0. The molecule has 0 aliphatic carbocycles. The molecule has 1 atom stereocenters. The summed E-state index contributed by atoms with van der Waals surface area (Å²) in [5.41, 5.74) is 0.823. The van der Waals surface area contributed by atoms with Crippen LogP contribution in [0.3, 0.4) is 0 Å². The van der Waals surface area contributed by atoms with E-state index in [2.05, 4.69) is 4.72 Å². The standard InChI is InChI=1S/C20H23FN2O5S/c1-27-17-7-8-19(18(10-17)28-2)29(25,26)22-11-15-9-20(24)23(13-15)12-14-3-5-16(21)6-4-14/h3-8,10,15,22H,9,11-13H2,1-2H3. The molecule has 0 spiro atoms. The molecule has 1 heterocycles. The minimum Gasteiger partial charge on any atom is -0.497 e. The molecule has 1 aliphatic rings. The number of nitrogens with zero attached hydrogens (tertiary/aromatic N) is 1. The molecular weight excluding hydrogens is 399 g/mol. The van der Waals surface area contributed by atoms with E-state index in [0.29, 0.717) is 18.8 Å². The monoisotopic (exact) mass is 422 g/mol. The smallest absolute Gasteiger partial charge is 0.244 e. The molecule has 7 nitrogen and oxygen atoms in total. The van der Waals surface area contributed by atoms with E-state index in [1.165, 1.54) is 38.5 Å². The Labute approximate surface area is 169 Å². The fourth-order valence-corrected chi connectivity index (χ4v) is 4.52. The number of likely N-dealkylation sites (tertiary alicyclic amines) is 1. The van der Waals surface area contributed by atoms with Gasteiger partial charge in [-0.2, -0.15) is 0 Å². The van der Waals surface area contributed by atoms with Crippen LogP contribution in [0.2, 0.25) is 0 Å².